The smallest absolute Gasteiger partial charge is 0.394 e. The fourth-order valence-electron chi connectivity index (χ4n) is 1.25. The minimum absolute atomic E-state index is 0.317. The van der Waals surface area contributed by atoms with E-state index in [-0.39, 0.29) is 5.63 Å². The van der Waals surface area contributed by atoms with E-state index in [2.05, 4.69) is 4.98 Å². The van der Waals surface area contributed by atoms with Gasteiger partial charge in [-0.3, -0.25) is 9.11 Å². The first-order chi connectivity index (χ1) is 8.70. The van der Waals surface area contributed by atoms with Gasteiger partial charge in [0.15, 0.2) is 0 Å². The van der Waals surface area contributed by atoms with E-state index in [9.17, 15) is 4.79 Å². The average molecular weight is 305 g/mol. The Morgan fingerprint density at radius 3 is 2.42 bits per heavy atom. The van der Waals surface area contributed by atoms with Crippen molar-refractivity contribution in [3.8, 4) is 0 Å². The molecule has 1 aromatic carbocycles. The summed E-state index contributed by atoms with van der Waals surface area (Å²) in [5.41, 5.74) is 1.41. The zero-order valence-corrected chi connectivity index (χ0v) is 11.7. The summed E-state index contributed by atoms with van der Waals surface area (Å²) >= 11 is 1.32. The molecule has 104 valence electrons. The summed E-state index contributed by atoms with van der Waals surface area (Å²) in [7, 11) is -4.67. The van der Waals surface area contributed by atoms with E-state index in [0.717, 1.165) is 5.56 Å². The van der Waals surface area contributed by atoms with Crippen LogP contribution in [-0.4, -0.2) is 28.8 Å². The molecular weight excluding hydrogens is 294 g/mol. The highest BCUT2D eigenvalue weighted by atomic mass is 32.3. The number of fused-ring (bicyclic) bond motifs is 1. The maximum atomic E-state index is 11.5. The molecule has 0 fully saturated rings. The molecule has 2 rings (SSSR count). The molecule has 0 amide bonds. The second-order valence-electron chi connectivity index (χ2n) is 3.44. The zero-order chi connectivity index (χ0) is 14.6. The molecule has 0 unspecified atom stereocenters. The number of rotatable bonds is 1. The molecule has 0 radical (unpaired) electrons. The third kappa shape index (κ3) is 5.39. The first-order valence-corrected chi connectivity index (χ1v) is 7.48. The Kier molecular flexibility index (Phi) is 5.06. The molecule has 2 N–H and O–H groups in total. The van der Waals surface area contributed by atoms with E-state index >= 15 is 0 Å². The highest BCUT2D eigenvalue weighted by Gasteiger charge is 2.04. The first-order valence-electron chi connectivity index (χ1n) is 4.86. The SMILES string of the molecule is CSc1nc2ccc(C)cc2c(=O)o1.O=S(=O)(O)O. The van der Waals surface area contributed by atoms with Crippen molar-refractivity contribution < 1.29 is 21.9 Å². The Morgan fingerprint density at radius 2 is 1.89 bits per heavy atom. The van der Waals surface area contributed by atoms with Gasteiger partial charge >= 0.3 is 16.0 Å². The second-order valence-corrected chi connectivity index (χ2v) is 5.09. The third-order valence-electron chi connectivity index (χ3n) is 1.94. The summed E-state index contributed by atoms with van der Waals surface area (Å²) in [6.07, 6.45) is 1.82. The van der Waals surface area contributed by atoms with Crippen molar-refractivity contribution in [1.29, 1.82) is 0 Å². The summed E-state index contributed by atoms with van der Waals surface area (Å²) in [5.74, 6) is 0. The second kappa shape index (κ2) is 6.15. The number of thioether (sulfide) groups is 1. The van der Waals surface area contributed by atoms with Crippen molar-refractivity contribution >= 4 is 33.1 Å². The maximum Gasteiger partial charge on any atom is 0.394 e. The van der Waals surface area contributed by atoms with Gasteiger partial charge in [-0.2, -0.15) is 8.42 Å². The number of aryl methyl sites for hydroxylation is 1. The van der Waals surface area contributed by atoms with Gasteiger partial charge in [-0.25, -0.2) is 9.78 Å². The predicted octanol–water partition coefficient (Wildman–Crippen LogP) is 1.57. The van der Waals surface area contributed by atoms with Crippen LogP contribution in [0, 0.1) is 6.92 Å². The molecule has 1 heterocycles. The largest absolute Gasteiger partial charge is 0.397 e. The van der Waals surface area contributed by atoms with Crippen molar-refractivity contribution in [1.82, 2.24) is 4.98 Å². The molecule has 7 nitrogen and oxygen atoms in total. The lowest BCUT2D eigenvalue weighted by atomic mass is 10.2. The highest BCUT2D eigenvalue weighted by Crippen LogP contribution is 2.15. The highest BCUT2D eigenvalue weighted by molar-refractivity contribution is 7.98. The molecule has 1 aromatic heterocycles. The summed E-state index contributed by atoms with van der Waals surface area (Å²) in [6, 6.07) is 5.55. The lowest BCUT2D eigenvalue weighted by molar-refractivity contribution is 0.381. The quantitative estimate of drug-likeness (QED) is 0.602. The first kappa shape index (κ1) is 15.6. The molecule has 2 aromatic rings. The van der Waals surface area contributed by atoms with Gasteiger partial charge in [-0.15, -0.1) is 0 Å². The van der Waals surface area contributed by atoms with E-state index in [1.807, 2.05) is 25.3 Å². The molecule has 0 atom stereocenters. The van der Waals surface area contributed by atoms with Crippen LogP contribution in [0.5, 0.6) is 0 Å². The van der Waals surface area contributed by atoms with E-state index in [0.29, 0.717) is 16.1 Å². The molecule has 0 aliphatic rings. The van der Waals surface area contributed by atoms with Crippen LogP contribution in [0.2, 0.25) is 0 Å². The predicted molar refractivity (Wildman–Crippen MR) is 71.0 cm³/mol. The van der Waals surface area contributed by atoms with Crippen LogP contribution in [0.15, 0.2) is 32.6 Å². The summed E-state index contributed by atoms with van der Waals surface area (Å²) in [6.45, 7) is 1.93. The molecule has 0 bridgehead atoms. The maximum absolute atomic E-state index is 11.5. The summed E-state index contributed by atoms with van der Waals surface area (Å²) in [4.78, 5) is 15.7. The molecule has 9 heteroatoms. The Balaban J connectivity index is 0.000000312. The number of nitrogens with zero attached hydrogens (tertiary/aromatic N) is 1. The minimum atomic E-state index is -4.67. The summed E-state index contributed by atoms with van der Waals surface area (Å²) < 4.78 is 36.6. The monoisotopic (exact) mass is 305 g/mol. The van der Waals surface area contributed by atoms with Gasteiger partial charge in [0.25, 0.3) is 5.22 Å². The Labute approximate surface area is 113 Å². The molecule has 0 spiro atoms. The van der Waals surface area contributed by atoms with Crippen molar-refractivity contribution in [3.05, 3.63) is 34.2 Å². The molecular formula is C10H11NO6S2. The van der Waals surface area contributed by atoms with Gasteiger partial charge in [0.1, 0.15) is 0 Å². The number of aromatic nitrogens is 1. The van der Waals surface area contributed by atoms with Crippen molar-refractivity contribution in [2.75, 3.05) is 6.26 Å². The van der Waals surface area contributed by atoms with E-state index in [1.54, 1.807) is 6.07 Å². The van der Waals surface area contributed by atoms with Gasteiger partial charge < -0.3 is 4.42 Å². The molecule has 0 saturated heterocycles. The third-order valence-corrected chi connectivity index (χ3v) is 2.46. The van der Waals surface area contributed by atoms with E-state index in [1.165, 1.54) is 11.8 Å². The topological polar surface area (TPSA) is 118 Å². The fraction of sp³-hybridized carbons (Fsp3) is 0.200. The van der Waals surface area contributed by atoms with Crippen LogP contribution < -0.4 is 5.63 Å². The normalized spacial score (nSPS) is 10.9. The van der Waals surface area contributed by atoms with Crippen LogP contribution in [0.3, 0.4) is 0 Å². The number of benzene rings is 1. The molecule has 0 aliphatic carbocycles. The zero-order valence-electron chi connectivity index (χ0n) is 10.0. The molecule has 19 heavy (non-hydrogen) atoms. The number of hydrogen-bond acceptors (Lipinski definition) is 6. The van der Waals surface area contributed by atoms with Crippen LogP contribution in [0.1, 0.15) is 5.56 Å². The van der Waals surface area contributed by atoms with Crippen molar-refractivity contribution in [3.63, 3.8) is 0 Å². The Bertz CT molecular complexity index is 729. The van der Waals surface area contributed by atoms with Crippen LogP contribution in [0.4, 0.5) is 0 Å². The Morgan fingerprint density at radius 1 is 1.32 bits per heavy atom. The molecule has 0 aliphatic heterocycles. The van der Waals surface area contributed by atoms with Crippen molar-refractivity contribution in [2.24, 2.45) is 0 Å². The Hall–Kier alpha value is -1.42. The number of hydrogen-bond donors (Lipinski definition) is 2. The molecule has 0 saturated carbocycles. The van der Waals surface area contributed by atoms with E-state index < -0.39 is 10.4 Å². The van der Waals surface area contributed by atoms with Gasteiger partial charge in [0.2, 0.25) is 0 Å². The summed E-state index contributed by atoms with van der Waals surface area (Å²) in [5, 5.41) is 0.953. The van der Waals surface area contributed by atoms with Gasteiger partial charge in [0, 0.05) is 0 Å². The fourth-order valence-corrected chi connectivity index (χ4v) is 1.60. The van der Waals surface area contributed by atoms with Crippen LogP contribution in [-0.2, 0) is 10.4 Å². The van der Waals surface area contributed by atoms with Gasteiger partial charge in [-0.05, 0) is 25.3 Å². The van der Waals surface area contributed by atoms with Crippen LogP contribution in [0.25, 0.3) is 10.9 Å². The van der Waals surface area contributed by atoms with Gasteiger partial charge in [0.05, 0.1) is 10.9 Å². The lowest BCUT2D eigenvalue weighted by Crippen LogP contribution is -2.02. The van der Waals surface area contributed by atoms with E-state index in [4.69, 9.17) is 21.9 Å². The minimum Gasteiger partial charge on any atom is -0.397 e. The van der Waals surface area contributed by atoms with Crippen LogP contribution >= 0.6 is 11.8 Å². The standard InChI is InChI=1S/C10H9NO2S.H2O4S/c1-6-3-4-8-7(5-6)9(12)13-10(11-8)14-2;1-5(2,3)4/h3-5H,1-2H3;(H2,1,2,3,4). The van der Waals surface area contributed by atoms with Crippen molar-refractivity contribution in [2.45, 2.75) is 12.1 Å². The average Bonchev–Trinajstić information content (AvgIpc) is 2.27. The lowest BCUT2D eigenvalue weighted by Gasteiger charge is -1.98. The van der Waals surface area contributed by atoms with Gasteiger partial charge in [-0.1, -0.05) is 23.4 Å².